The molecule has 1 aromatic rings. The molecule has 2 N–H and O–H groups in total. The number of phenolic OH excluding ortho intramolecular Hbond substituents is 1. The van der Waals surface area contributed by atoms with Gasteiger partial charge in [0.2, 0.25) is 0 Å². The summed E-state index contributed by atoms with van der Waals surface area (Å²) in [5, 5.41) is 12.3. The average molecular weight is 239 g/mol. The van der Waals surface area contributed by atoms with Gasteiger partial charge in [-0.2, -0.15) is 0 Å². The van der Waals surface area contributed by atoms with Gasteiger partial charge in [-0.1, -0.05) is 0 Å². The van der Waals surface area contributed by atoms with Crippen LogP contribution in [0, 0.1) is 0 Å². The molecule has 94 valence electrons. The van der Waals surface area contributed by atoms with Crippen molar-refractivity contribution in [1.29, 1.82) is 0 Å². The van der Waals surface area contributed by atoms with E-state index < -0.39 is 0 Å². The van der Waals surface area contributed by atoms with Crippen LogP contribution in [-0.4, -0.2) is 38.4 Å². The molecule has 0 saturated heterocycles. The van der Waals surface area contributed by atoms with Crippen molar-refractivity contribution < 1.29 is 19.4 Å². The fraction of sp³-hybridized carbons (Fsp3) is 0.417. The van der Waals surface area contributed by atoms with E-state index in [-0.39, 0.29) is 17.2 Å². The number of carbonyl (C=O) groups is 1. The second kappa shape index (κ2) is 6.75. The molecule has 1 aromatic carbocycles. The number of phenols is 1. The molecule has 0 aliphatic rings. The van der Waals surface area contributed by atoms with Crippen molar-refractivity contribution in [3.63, 3.8) is 0 Å². The first-order valence-electron chi connectivity index (χ1n) is 5.33. The Morgan fingerprint density at radius 1 is 1.41 bits per heavy atom. The Balaban J connectivity index is 2.57. The first-order chi connectivity index (χ1) is 8.19. The molecule has 0 spiro atoms. The van der Waals surface area contributed by atoms with Crippen molar-refractivity contribution in [3.8, 4) is 11.5 Å². The molecule has 0 fully saturated rings. The first kappa shape index (κ1) is 13.3. The molecule has 5 heteroatoms. The molecule has 0 radical (unpaired) electrons. The van der Waals surface area contributed by atoms with Gasteiger partial charge in [0.1, 0.15) is 11.5 Å². The second-order valence-corrected chi connectivity index (χ2v) is 3.49. The third kappa shape index (κ3) is 3.96. The fourth-order valence-electron chi connectivity index (χ4n) is 1.34. The molecule has 0 bridgehead atoms. The Kier molecular flexibility index (Phi) is 5.29. The first-order valence-corrected chi connectivity index (χ1v) is 5.33. The summed E-state index contributed by atoms with van der Waals surface area (Å²) in [5.74, 6) is 0.119. The minimum atomic E-state index is -0.304. The van der Waals surface area contributed by atoms with Crippen LogP contribution in [0.3, 0.4) is 0 Å². The summed E-state index contributed by atoms with van der Waals surface area (Å²) in [6.45, 7) is 1.10. The van der Waals surface area contributed by atoms with E-state index in [4.69, 9.17) is 9.47 Å². The average Bonchev–Trinajstić information content (AvgIpc) is 2.34. The Labute approximate surface area is 100 Å². The highest BCUT2D eigenvalue weighted by Crippen LogP contribution is 2.23. The lowest BCUT2D eigenvalue weighted by atomic mass is 10.2. The number of nitrogens with one attached hydrogen (secondary N) is 1. The number of methoxy groups -OCH3 is 2. The van der Waals surface area contributed by atoms with Crippen LogP contribution in [0.4, 0.5) is 0 Å². The summed E-state index contributed by atoms with van der Waals surface area (Å²) in [5.41, 5.74) is 0.239. The van der Waals surface area contributed by atoms with Gasteiger partial charge in [-0.15, -0.1) is 0 Å². The maximum atomic E-state index is 11.7. The molecule has 0 saturated carbocycles. The monoisotopic (exact) mass is 239 g/mol. The van der Waals surface area contributed by atoms with Gasteiger partial charge in [0.25, 0.3) is 5.91 Å². The predicted molar refractivity (Wildman–Crippen MR) is 63.5 cm³/mol. The minimum Gasteiger partial charge on any atom is -0.507 e. The van der Waals surface area contributed by atoms with Crippen molar-refractivity contribution in [2.75, 3.05) is 27.4 Å². The standard InChI is InChI=1S/C12H17NO4/c1-16-7-3-6-13-12(15)10-5-4-9(17-2)8-11(10)14/h4-5,8,14H,3,6-7H2,1-2H3,(H,13,15). The predicted octanol–water partition coefficient (Wildman–Crippen LogP) is 1.17. The van der Waals surface area contributed by atoms with Crippen LogP contribution < -0.4 is 10.1 Å². The molecule has 0 heterocycles. The number of ether oxygens (including phenoxy) is 2. The van der Waals surface area contributed by atoms with Crippen molar-refractivity contribution >= 4 is 5.91 Å². The van der Waals surface area contributed by atoms with Crippen LogP contribution in [0.5, 0.6) is 11.5 Å². The van der Waals surface area contributed by atoms with E-state index in [2.05, 4.69) is 5.32 Å². The molecular weight excluding hydrogens is 222 g/mol. The Morgan fingerprint density at radius 2 is 2.18 bits per heavy atom. The number of hydrogen-bond acceptors (Lipinski definition) is 4. The summed E-state index contributed by atoms with van der Waals surface area (Å²) in [7, 11) is 3.11. The van der Waals surface area contributed by atoms with Gasteiger partial charge >= 0.3 is 0 Å². The Hall–Kier alpha value is -1.75. The number of hydrogen-bond donors (Lipinski definition) is 2. The molecule has 17 heavy (non-hydrogen) atoms. The van der Waals surface area contributed by atoms with Crippen LogP contribution in [0.1, 0.15) is 16.8 Å². The molecule has 5 nitrogen and oxygen atoms in total. The summed E-state index contributed by atoms with van der Waals surface area (Å²) in [6, 6.07) is 4.56. The number of aromatic hydroxyl groups is 1. The van der Waals surface area contributed by atoms with E-state index in [1.807, 2.05) is 0 Å². The summed E-state index contributed by atoms with van der Waals surface area (Å²) < 4.78 is 9.80. The van der Waals surface area contributed by atoms with Gasteiger partial charge in [-0.25, -0.2) is 0 Å². The van der Waals surface area contributed by atoms with E-state index in [1.165, 1.54) is 19.2 Å². The van der Waals surface area contributed by atoms with Crippen LogP contribution in [-0.2, 0) is 4.74 Å². The van der Waals surface area contributed by atoms with Crippen molar-refractivity contribution in [2.24, 2.45) is 0 Å². The zero-order valence-corrected chi connectivity index (χ0v) is 10.0. The topological polar surface area (TPSA) is 67.8 Å². The number of amides is 1. The highest BCUT2D eigenvalue weighted by atomic mass is 16.5. The van der Waals surface area contributed by atoms with Gasteiger partial charge < -0.3 is 19.9 Å². The number of benzene rings is 1. The van der Waals surface area contributed by atoms with E-state index in [0.717, 1.165) is 6.42 Å². The maximum Gasteiger partial charge on any atom is 0.255 e. The van der Waals surface area contributed by atoms with Crippen LogP contribution in [0.25, 0.3) is 0 Å². The largest absolute Gasteiger partial charge is 0.507 e. The van der Waals surface area contributed by atoms with Crippen molar-refractivity contribution in [2.45, 2.75) is 6.42 Å². The fourth-order valence-corrected chi connectivity index (χ4v) is 1.34. The summed E-state index contributed by atoms with van der Waals surface area (Å²) in [4.78, 5) is 11.7. The lowest BCUT2D eigenvalue weighted by Crippen LogP contribution is -2.25. The van der Waals surface area contributed by atoms with Crippen molar-refractivity contribution in [3.05, 3.63) is 23.8 Å². The van der Waals surface area contributed by atoms with E-state index in [1.54, 1.807) is 13.2 Å². The molecule has 0 aliphatic heterocycles. The van der Waals surface area contributed by atoms with Crippen LogP contribution in [0.15, 0.2) is 18.2 Å². The molecule has 0 aliphatic carbocycles. The van der Waals surface area contributed by atoms with Crippen LogP contribution >= 0.6 is 0 Å². The Morgan fingerprint density at radius 3 is 2.76 bits per heavy atom. The highest BCUT2D eigenvalue weighted by molar-refractivity contribution is 5.96. The summed E-state index contributed by atoms with van der Waals surface area (Å²) in [6.07, 6.45) is 0.735. The lowest BCUT2D eigenvalue weighted by Gasteiger charge is -2.07. The van der Waals surface area contributed by atoms with Crippen molar-refractivity contribution in [1.82, 2.24) is 5.32 Å². The maximum absolute atomic E-state index is 11.7. The van der Waals surface area contributed by atoms with Gasteiger partial charge in [0.05, 0.1) is 12.7 Å². The Bertz CT molecular complexity index is 379. The number of carbonyl (C=O) groups excluding carboxylic acids is 1. The second-order valence-electron chi connectivity index (χ2n) is 3.49. The minimum absolute atomic E-state index is 0.0893. The molecule has 0 atom stereocenters. The third-order valence-corrected chi connectivity index (χ3v) is 2.26. The van der Waals surface area contributed by atoms with Gasteiger partial charge in [0.15, 0.2) is 0 Å². The van der Waals surface area contributed by atoms with Gasteiger partial charge in [0, 0.05) is 26.3 Å². The van der Waals surface area contributed by atoms with E-state index in [0.29, 0.717) is 18.9 Å². The molecule has 1 rings (SSSR count). The molecule has 1 amide bonds. The SMILES string of the molecule is COCCCNC(=O)c1ccc(OC)cc1O. The zero-order valence-electron chi connectivity index (χ0n) is 10.0. The van der Waals surface area contributed by atoms with E-state index >= 15 is 0 Å². The van der Waals surface area contributed by atoms with Gasteiger partial charge in [-0.3, -0.25) is 4.79 Å². The van der Waals surface area contributed by atoms with Crippen LogP contribution in [0.2, 0.25) is 0 Å². The quantitative estimate of drug-likeness (QED) is 0.731. The highest BCUT2D eigenvalue weighted by Gasteiger charge is 2.10. The lowest BCUT2D eigenvalue weighted by molar-refractivity contribution is 0.0946. The number of rotatable bonds is 6. The molecular formula is C12H17NO4. The van der Waals surface area contributed by atoms with E-state index in [9.17, 15) is 9.90 Å². The molecule has 0 unspecified atom stereocenters. The normalized spacial score (nSPS) is 10.0. The smallest absolute Gasteiger partial charge is 0.255 e. The third-order valence-electron chi connectivity index (χ3n) is 2.26. The van der Waals surface area contributed by atoms with Gasteiger partial charge in [-0.05, 0) is 18.6 Å². The zero-order chi connectivity index (χ0) is 12.7. The summed E-state index contributed by atoms with van der Waals surface area (Å²) >= 11 is 0. The molecule has 0 aromatic heterocycles.